The number of aryl methyl sites for hydroxylation is 1. The van der Waals surface area contributed by atoms with Crippen molar-refractivity contribution in [2.24, 2.45) is 0 Å². The van der Waals surface area contributed by atoms with Gasteiger partial charge in [-0.15, -0.1) is 10.2 Å². The van der Waals surface area contributed by atoms with Crippen LogP contribution >= 0.6 is 0 Å². The van der Waals surface area contributed by atoms with E-state index in [-0.39, 0.29) is 5.91 Å². The SMILES string of the molecule is CC(=O)Nc1ccccc1-c1ccc(-n2c(=N)n(Cc3cccc4[nH]ccc34)c3cccc(C)c32)nn1. The topological polar surface area (TPSA) is 104 Å². The van der Waals surface area contributed by atoms with Crippen LogP contribution in [-0.4, -0.2) is 30.2 Å². The van der Waals surface area contributed by atoms with Crippen LogP contribution in [0.3, 0.4) is 0 Å². The van der Waals surface area contributed by atoms with E-state index in [1.54, 1.807) is 0 Å². The minimum atomic E-state index is -0.148. The van der Waals surface area contributed by atoms with Crippen molar-refractivity contribution in [3.8, 4) is 17.1 Å². The number of rotatable bonds is 5. The van der Waals surface area contributed by atoms with Crippen molar-refractivity contribution in [1.29, 1.82) is 5.41 Å². The molecule has 0 aliphatic heterocycles. The fourth-order valence-corrected chi connectivity index (χ4v) is 4.93. The van der Waals surface area contributed by atoms with Gasteiger partial charge in [0.05, 0.1) is 29.0 Å². The van der Waals surface area contributed by atoms with E-state index in [0.717, 1.165) is 38.6 Å². The molecule has 6 rings (SSSR count). The second-order valence-corrected chi connectivity index (χ2v) is 9.05. The highest BCUT2D eigenvalue weighted by Gasteiger charge is 2.17. The van der Waals surface area contributed by atoms with Gasteiger partial charge in [0.25, 0.3) is 0 Å². The number of para-hydroxylation sites is 2. The molecule has 37 heavy (non-hydrogen) atoms. The van der Waals surface area contributed by atoms with E-state index in [2.05, 4.69) is 38.7 Å². The Kier molecular flexibility index (Phi) is 5.41. The number of carbonyl (C=O) groups is 1. The van der Waals surface area contributed by atoms with Crippen molar-refractivity contribution in [3.05, 3.63) is 102 Å². The van der Waals surface area contributed by atoms with Gasteiger partial charge in [-0.3, -0.25) is 14.8 Å². The maximum absolute atomic E-state index is 11.6. The molecule has 3 N–H and O–H groups in total. The second kappa shape index (κ2) is 8.91. The van der Waals surface area contributed by atoms with E-state index in [9.17, 15) is 4.79 Å². The van der Waals surface area contributed by atoms with E-state index >= 15 is 0 Å². The molecule has 3 heterocycles. The van der Waals surface area contributed by atoms with Gasteiger partial charge in [-0.1, -0.05) is 42.5 Å². The van der Waals surface area contributed by atoms with Gasteiger partial charge >= 0.3 is 0 Å². The molecule has 6 aromatic rings. The van der Waals surface area contributed by atoms with Crippen molar-refractivity contribution in [2.75, 3.05) is 5.32 Å². The molecular weight excluding hydrogens is 462 g/mol. The van der Waals surface area contributed by atoms with Crippen molar-refractivity contribution >= 4 is 33.5 Å². The molecule has 0 atom stereocenters. The highest BCUT2D eigenvalue weighted by Crippen LogP contribution is 2.27. The van der Waals surface area contributed by atoms with E-state index < -0.39 is 0 Å². The highest BCUT2D eigenvalue weighted by atomic mass is 16.1. The molecule has 0 unspecified atom stereocenters. The number of anilines is 1. The number of amides is 1. The average Bonchev–Trinajstić information content (AvgIpc) is 3.49. The number of hydrogen-bond acceptors (Lipinski definition) is 4. The molecule has 0 fully saturated rings. The first-order chi connectivity index (χ1) is 18.0. The van der Waals surface area contributed by atoms with Crippen LogP contribution in [0, 0.1) is 12.3 Å². The Morgan fingerprint density at radius 3 is 2.62 bits per heavy atom. The lowest BCUT2D eigenvalue weighted by Crippen LogP contribution is -2.25. The van der Waals surface area contributed by atoms with E-state index in [0.29, 0.717) is 29.4 Å². The van der Waals surface area contributed by atoms with Gasteiger partial charge in [-0.25, -0.2) is 0 Å². The zero-order valence-electron chi connectivity index (χ0n) is 20.5. The summed E-state index contributed by atoms with van der Waals surface area (Å²) in [4.78, 5) is 14.9. The first-order valence-electron chi connectivity index (χ1n) is 12.0. The summed E-state index contributed by atoms with van der Waals surface area (Å²) in [5.74, 6) is 0.411. The number of nitrogens with zero attached hydrogens (tertiary/aromatic N) is 4. The summed E-state index contributed by atoms with van der Waals surface area (Å²) in [6.45, 7) is 4.07. The molecule has 0 saturated carbocycles. The summed E-state index contributed by atoms with van der Waals surface area (Å²) in [5.41, 5.74) is 7.56. The van der Waals surface area contributed by atoms with Gasteiger partial charge in [0.15, 0.2) is 5.82 Å². The molecule has 0 radical (unpaired) electrons. The number of nitrogens with one attached hydrogen (secondary N) is 3. The summed E-state index contributed by atoms with van der Waals surface area (Å²) >= 11 is 0. The number of H-pyrrole nitrogens is 1. The maximum atomic E-state index is 11.6. The van der Waals surface area contributed by atoms with E-state index in [1.165, 1.54) is 6.92 Å². The second-order valence-electron chi connectivity index (χ2n) is 9.05. The van der Waals surface area contributed by atoms with Gasteiger partial charge in [0.2, 0.25) is 11.5 Å². The summed E-state index contributed by atoms with van der Waals surface area (Å²) in [7, 11) is 0. The maximum Gasteiger partial charge on any atom is 0.221 e. The Morgan fingerprint density at radius 2 is 1.81 bits per heavy atom. The molecule has 0 spiro atoms. The van der Waals surface area contributed by atoms with Crippen LogP contribution in [0.4, 0.5) is 5.69 Å². The number of imidazole rings is 1. The number of aromatic amines is 1. The van der Waals surface area contributed by atoms with Crippen LogP contribution in [0.5, 0.6) is 0 Å². The molecule has 0 aliphatic carbocycles. The summed E-state index contributed by atoms with van der Waals surface area (Å²) in [5, 5.41) is 22.2. The van der Waals surface area contributed by atoms with Crippen LogP contribution < -0.4 is 10.9 Å². The third kappa shape index (κ3) is 3.88. The Hall–Kier alpha value is -4.98. The number of hydrogen-bond donors (Lipinski definition) is 3. The number of fused-ring (bicyclic) bond motifs is 2. The molecule has 3 aromatic heterocycles. The summed E-state index contributed by atoms with van der Waals surface area (Å²) in [6.07, 6.45) is 1.94. The zero-order valence-corrected chi connectivity index (χ0v) is 20.5. The van der Waals surface area contributed by atoms with Crippen molar-refractivity contribution < 1.29 is 4.79 Å². The monoisotopic (exact) mass is 487 g/mol. The zero-order chi connectivity index (χ0) is 25.5. The van der Waals surface area contributed by atoms with E-state index in [1.807, 2.05) is 82.9 Å². The smallest absolute Gasteiger partial charge is 0.221 e. The lowest BCUT2D eigenvalue weighted by atomic mass is 10.1. The van der Waals surface area contributed by atoms with Crippen LogP contribution in [0.2, 0.25) is 0 Å². The van der Waals surface area contributed by atoms with Crippen LogP contribution in [-0.2, 0) is 11.3 Å². The van der Waals surface area contributed by atoms with Gasteiger partial charge in [0, 0.05) is 29.6 Å². The summed E-state index contributed by atoms with van der Waals surface area (Å²) in [6, 6.07) is 25.6. The Bertz CT molecular complexity index is 1840. The number of aromatic nitrogens is 5. The Balaban J connectivity index is 1.47. The molecule has 8 nitrogen and oxygen atoms in total. The van der Waals surface area contributed by atoms with Crippen molar-refractivity contribution in [3.63, 3.8) is 0 Å². The predicted molar refractivity (Wildman–Crippen MR) is 145 cm³/mol. The normalized spacial score (nSPS) is 11.3. The predicted octanol–water partition coefficient (Wildman–Crippen LogP) is 5.16. The molecule has 8 heteroatoms. The first-order valence-corrected chi connectivity index (χ1v) is 12.0. The van der Waals surface area contributed by atoms with Crippen LogP contribution in [0.25, 0.3) is 39.0 Å². The van der Waals surface area contributed by atoms with Gasteiger partial charge in [-0.05, 0) is 54.4 Å². The van der Waals surface area contributed by atoms with Gasteiger partial charge < -0.3 is 14.9 Å². The molecule has 0 aliphatic rings. The fourth-order valence-electron chi connectivity index (χ4n) is 4.93. The van der Waals surface area contributed by atoms with Crippen molar-refractivity contribution in [2.45, 2.75) is 20.4 Å². The fraction of sp³-hybridized carbons (Fsp3) is 0.103. The molecule has 1 amide bonds. The number of carbonyl (C=O) groups excluding carboxylic acids is 1. The highest BCUT2D eigenvalue weighted by molar-refractivity contribution is 5.93. The molecule has 182 valence electrons. The lowest BCUT2D eigenvalue weighted by molar-refractivity contribution is -0.114. The molecule has 3 aromatic carbocycles. The van der Waals surface area contributed by atoms with E-state index in [4.69, 9.17) is 5.41 Å². The van der Waals surface area contributed by atoms with Gasteiger partial charge in [-0.2, -0.15) is 0 Å². The minimum absolute atomic E-state index is 0.148. The van der Waals surface area contributed by atoms with Crippen LogP contribution in [0.1, 0.15) is 18.1 Å². The quantitative estimate of drug-likeness (QED) is 0.313. The molecule has 0 bridgehead atoms. The van der Waals surface area contributed by atoms with Gasteiger partial charge in [0.1, 0.15) is 0 Å². The van der Waals surface area contributed by atoms with Crippen molar-refractivity contribution in [1.82, 2.24) is 24.3 Å². The van der Waals surface area contributed by atoms with Crippen LogP contribution in [0.15, 0.2) is 85.1 Å². The largest absolute Gasteiger partial charge is 0.361 e. The molecule has 0 saturated heterocycles. The minimum Gasteiger partial charge on any atom is -0.361 e. The Labute approximate surface area is 212 Å². The number of benzene rings is 3. The average molecular weight is 488 g/mol. The Morgan fingerprint density at radius 1 is 0.973 bits per heavy atom. The molecular formula is C29H25N7O. The lowest BCUT2D eigenvalue weighted by Gasteiger charge is -2.10. The third-order valence-corrected chi connectivity index (χ3v) is 6.61. The summed E-state index contributed by atoms with van der Waals surface area (Å²) < 4.78 is 3.85. The first kappa shape index (κ1) is 22.5. The third-order valence-electron chi connectivity index (χ3n) is 6.61. The standard InChI is InChI=1S/C29H25N7O/c1-18-7-5-12-26-28(18)36(29(30)35(26)17-20-8-6-11-23-21(20)15-16-31-23)27-14-13-25(33-34-27)22-9-3-4-10-24(22)32-19(2)37/h3-16,30-31H,17H2,1-2H3,(H,32,37).